The molecule has 0 aromatic carbocycles. The number of hydrogen-bond donors (Lipinski definition) is 0. The van der Waals surface area contributed by atoms with Gasteiger partial charge in [-0.15, -0.1) is 10.0 Å². The molecule has 0 aliphatic rings. The Bertz CT molecular complexity index is 531. The molecule has 2 aromatic rings. The summed E-state index contributed by atoms with van der Waals surface area (Å²) in [5.74, 6) is 0. The van der Waals surface area contributed by atoms with Gasteiger partial charge in [-0.3, -0.25) is 9.36 Å². The molecule has 0 aliphatic carbocycles. The lowest BCUT2D eigenvalue weighted by atomic mass is 10.4. The van der Waals surface area contributed by atoms with Gasteiger partial charge in [0.1, 0.15) is 5.39 Å². The van der Waals surface area contributed by atoms with Crippen molar-refractivity contribution in [2.24, 2.45) is 7.05 Å². The summed E-state index contributed by atoms with van der Waals surface area (Å²) in [5.41, 5.74) is -0.408. The Balaban J connectivity index is 3.01. The van der Waals surface area contributed by atoms with Gasteiger partial charge in [0, 0.05) is 7.05 Å². The van der Waals surface area contributed by atoms with E-state index in [1.54, 1.807) is 0 Å². The Labute approximate surface area is 76.3 Å². The van der Waals surface area contributed by atoms with Crippen molar-refractivity contribution in [3.05, 3.63) is 21.8 Å². The minimum Gasteiger partial charge on any atom is -0.286 e. The zero-order valence-electron chi connectivity index (χ0n) is 6.53. The SMILES string of the molecule is Cn1c(Cl)nc2nn(F)cc2c1=O. The van der Waals surface area contributed by atoms with E-state index in [-0.39, 0.29) is 21.2 Å². The average molecular weight is 203 g/mol. The molecule has 0 aliphatic heterocycles. The van der Waals surface area contributed by atoms with Crippen LogP contribution < -0.4 is 5.56 Å². The van der Waals surface area contributed by atoms with E-state index in [0.29, 0.717) is 0 Å². The van der Waals surface area contributed by atoms with E-state index in [1.165, 1.54) is 7.05 Å². The summed E-state index contributed by atoms with van der Waals surface area (Å²) in [7, 11) is 1.45. The molecule has 0 spiro atoms. The largest absolute Gasteiger partial charge is 0.286 e. The first kappa shape index (κ1) is 8.18. The number of fused-ring (bicyclic) bond motifs is 1. The van der Waals surface area contributed by atoms with Crippen molar-refractivity contribution in [1.29, 1.82) is 0 Å². The van der Waals surface area contributed by atoms with Crippen molar-refractivity contribution in [2.45, 2.75) is 0 Å². The van der Waals surface area contributed by atoms with Crippen LogP contribution in [0.2, 0.25) is 5.28 Å². The maximum atomic E-state index is 12.5. The van der Waals surface area contributed by atoms with Crippen molar-refractivity contribution >= 4 is 22.6 Å². The number of hydrogen-bond acceptors (Lipinski definition) is 3. The monoisotopic (exact) mass is 202 g/mol. The lowest BCUT2D eigenvalue weighted by Gasteiger charge is -1.97. The van der Waals surface area contributed by atoms with Gasteiger partial charge < -0.3 is 0 Å². The normalized spacial score (nSPS) is 11.0. The van der Waals surface area contributed by atoms with Crippen molar-refractivity contribution < 1.29 is 4.48 Å². The molecule has 0 amide bonds. The summed E-state index contributed by atoms with van der Waals surface area (Å²) >= 11 is 5.58. The standard InChI is InChI=1S/C6H4ClFN4O/c1-11-5(13)3-2-12(8)10-4(3)9-6(11)7/h2H,1H3. The predicted octanol–water partition coefficient (Wildman–Crippen LogP) is 0.516. The fourth-order valence-corrected chi connectivity index (χ4v) is 1.15. The van der Waals surface area contributed by atoms with Crippen molar-refractivity contribution in [2.75, 3.05) is 0 Å². The second-order valence-electron chi connectivity index (χ2n) is 2.50. The molecule has 2 heterocycles. The Morgan fingerprint density at radius 2 is 2.31 bits per heavy atom. The molecular weight excluding hydrogens is 199 g/mol. The van der Waals surface area contributed by atoms with Gasteiger partial charge in [-0.05, 0) is 11.6 Å². The topological polar surface area (TPSA) is 52.7 Å². The molecule has 2 rings (SSSR count). The van der Waals surface area contributed by atoms with Crippen LogP contribution in [0.15, 0.2) is 11.0 Å². The Hall–Kier alpha value is -1.43. The molecular formula is C6H4ClFN4O. The van der Waals surface area contributed by atoms with Gasteiger partial charge in [-0.2, -0.15) is 4.98 Å². The summed E-state index contributed by atoms with van der Waals surface area (Å²) in [6, 6.07) is 0. The Kier molecular flexibility index (Phi) is 1.59. The van der Waals surface area contributed by atoms with E-state index in [2.05, 4.69) is 10.1 Å². The summed E-state index contributed by atoms with van der Waals surface area (Å²) in [4.78, 5) is 15.1. The van der Waals surface area contributed by atoms with Crippen LogP contribution in [0.3, 0.4) is 0 Å². The van der Waals surface area contributed by atoms with Crippen LogP contribution in [0.25, 0.3) is 11.0 Å². The first-order valence-electron chi connectivity index (χ1n) is 3.37. The molecule has 0 N–H and O–H groups in total. The van der Waals surface area contributed by atoms with E-state index in [0.717, 1.165) is 10.8 Å². The highest BCUT2D eigenvalue weighted by Gasteiger charge is 2.09. The number of aromatic nitrogens is 4. The van der Waals surface area contributed by atoms with Crippen LogP contribution >= 0.6 is 11.6 Å². The van der Waals surface area contributed by atoms with Gasteiger partial charge in [0.2, 0.25) is 5.28 Å². The lowest BCUT2D eigenvalue weighted by Crippen LogP contribution is -2.17. The number of halogens is 2. The van der Waals surface area contributed by atoms with Crippen LogP contribution in [0.4, 0.5) is 4.48 Å². The highest BCUT2D eigenvalue weighted by atomic mass is 35.5. The summed E-state index contributed by atoms with van der Waals surface area (Å²) in [5, 5.41) is 3.41. The smallest absolute Gasteiger partial charge is 0.265 e. The van der Waals surface area contributed by atoms with E-state index < -0.39 is 5.56 Å². The fourth-order valence-electron chi connectivity index (χ4n) is 0.998. The van der Waals surface area contributed by atoms with Gasteiger partial charge in [-0.25, -0.2) is 0 Å². The highest BCUT2D eigenvalue weighted by Crippen LogP contribution is 2.08. The molecule has 0 fully saturated rings. The van der Waals surface area contributed by atoms with Gasteiger partial charge >= 0.3 is 0 Å². The number of rotatable bonds is 0. The summed E-state index contributed by atoms with van der Waals surface area (Å²) < 4.78 is 13.7. The predicted molar refractivity (Wildman–Crippen MR) is 44.3 cm³/mol. The van der Waals surface area contributed by atoms with Gasteiger partial charge in [-0.1, -0.05) is 4.48 Å². The summed E-state index contributed by atoms with van der Waals surface area (Å²) in [6.45, 7) is 0. The van der Waals surface area contributed by atoms with Crippen molar-refractivity contribution in [3.63, 3.8) is 0 Å². The molecule has 0 bridgehead atoms. The van der Waals surface area contributed by atoms with Crippen LogP contribution in [-0.4, -0.2) is 19.6 Å². The van der Waals surface area contributed by atoms with Crippen molar-refractivity contribution in [1.82, 2.24) is 19.6 Å². The maximum Gasteiger partial charge on any atom is 0.265 e. The quantitative estimate of drug-likeness (QED) is 0.585. The molecule has 0 saturated carbocycles. The molecule has 7 heteroatoms. The second kappa shape index (κ2) is 2.53. The van der Waals surface area contributed by atoms with Crippen LogP contribution in [-0.2, 0) is 7.05 Å². The van der Waals surface area contributed by atoms with E-state index in [9.17, 15) is 9.28 Å². The fraction of sp³-hybridized carbons (Fsp3) is 0.167. The van der Waals surface area contributed by atoms with Crippen LogP contribution in [0.5, 0.6) is 0 Å². The molecule has 0 radical (unpaired) electrons. The van der Waals surface area contributed by atoms with Gasteiger partial charge in [0.25, 0.3) is 5.56 Å². The molecule has 68 valence electrons. The van der Waals surface area contributed by atoms with E-state index in [4.69, 9.17) is 11.6 Å². The third-order valence-electron chi connectivity index (χ3n) is 1.68. The van der Waals surface area contributed by atoms with Crippen LogP contribution in [0, 0.1) is 0 Å². The third kappa shape index (κ3) is 1.10. The van der Waals surface area contributed by atoms with E-state index in [1.807, 2.05) is 0 Å². The van der Waals surface area contributed by atoms with Gasteiger partial charge in [0.05, 0.1) is 6.20 Å². The number of nitrogens with zero attached hydrogens (tertiary/aromatic N) is 4. The minimum atomic E-state index is -0.418. The molecule has 0 atom stereocenters. The molecule has 5 nitrogen and oxygen atoms in total. The Morgan fingerprint density at radius 1 is 1.62 bits per heavy atom. The first-order valence-corrected chi connectivity index (χ1v) is 3.75. The minimum absolute atomic E-state index is 0.00981. The Morgan fingerprint density at radius 3 is 3.00 bits per heavy atom. The molecule has 0 saturated heterocycles. The van der Waals surface area contributed by atoms with Gasteiger partial charge in [0.15, 0.2) is 5.65 Å². The lowest BCUT2D eigenvalue weighted by molar-refractivity contribution is 0.319. The summed E-state index contributed by atoms with van der Waals surface area (Å²) in [6.07, 6.45) is 0.959. The first-order chi connectivity index (χ1) is 6.09. The van der Waals surface area contributed by atoms with Crippen LogP contribution in [0.1, 0.15) is 0 Å². The van der Waals surface area contributed by atoms with E-state index >= 15 is 0 Å². The molecule has 2 aromatic heterocycles. The second-order valence-corrected chi connectivity index (χ2v) is 2.84. The zero-order valence-corrected chi connectivity index (χ0v) is 7.29. The van der Waals surface area contributed by atoms with Crippen molar-refractivity contribution in [3.8, 4) is 0 Å². The highest BCUT2D eigenvalue weighted by molar-refractivity contribution is 6.28. The molecule has 0 unspecified atom stereocenters. The maximum absolute atomic E-state index is 12.5. The third-order valence-corrected chi connectivity index (χ3v) is 2.01. The zero-order chi connectivity index (χ0) is 9.59. The molecule has 13 heavy (non-hydrogen) atoms. The average Bonchev–Trinajstić information content (AvgIpc) is 2.42.